The Bertz CT molecular complexity index is 968. The van der Waals surface area contributed by atoms with Crippen LogP contribution < -0.4 is 5.32 Å². The molecule has 4 heterocycles. The van der Waals surface area contributed by atoms with E-state index in [4.69, 9.17) is 4.52 Å². The number of dihydropyridines is 1. The van der Waals surface area contributed by atoms with E-state index >= 15 is 0 Å². The first-order chi connectivity index (χ1) is 14.2. The third-order valence-corrected chi connectivity index (χ3v) is 6.50. The van der Waals surface area contributed by atoms with Crippen molar-refractivity contribution >= 4 is 16.9 Å². The first kappa shape index (κ1) is 18.4. The molecule has 1 fully saturated rings. The minimum atomic E-state index is 0.159. The van der Waals surface area contributed by atoms with Crippen molar-refractivity contribution < 1.29 is 9.32 Å². The van der Waals surface area contributed by atoms with Crippen molar-refractivity contribution in [2.24, 2.45) is 0 Å². The number of aromatic nitrogens is 1. The highest BCUT2D eigenvalue weighted by molar-refractivity contribution is 5.95. The van der Waals surface area contributed by atoms with Crippen LogP contribution in [-0.2, 0) is 4.79 Å². The molecule has 1 aromatic heterocycles. The molecule has 3 aliphatic heterocycles. The van der Waals surface area contributed by atoms with Crippen LogP contribution in [0.5, 0.6) is 0 Å². The molecule has 0 aliphatic carbocycles. The molecule has 0 spiro atoms. The van der Waals surface area contributed by atoms with Gasteiger partial charge in [-0.2, -0.15) is 0 Å². The van der Waals surface area contributed by atoms with Crippen LogP contribution >= 0.6 is 0 Å². The van der Waals surface area contributed by atoms with Gasteiger partial charge in [0.2, 0.25) is 0 Å². The molecule has 29 heavy (non-hydrogen) atoms. The van der Waals surface area contributed by atoms with E-state index in [2.05, 4.69) is 40.5 Å². The summed E-state index contributed by atoms with van der Waals surface area (Å²) in [5.41, 5.74) is 3.95. The highest BCUT2D eigenvalue weighted by atomic mass is 16.5. The van der Waals surface area contributed by atoms with E-state index in [1.807, 2.05) is 23.1 Å². The second-order valence-corrected chi connectivity index (χ2v) is 8.41. The second-order valence-electron chi connectivity index (χ2n) is 8.41. The van der Waals surface area contributed by atoms with E-state index in [0.29, 0.717) is 5.92 Å². The van der Waals surface area contributed by atoms with Gasteiger partial charge in [-0.05, 0) is 57.0 Å². The van der Waals surface area contributed by atoms with Crippen molar-refractivity contribution in [3.63, 3.8) is 0 Å². The van der Waals surface area contributed by atoms with Crippen LogP contribution in [-0.4, -0.2) is 59.6 Å². The molecule has 152 valence electrons. The van der Waals surface area contributed by atoms with Gasteiger partial charge in [-0.25, -0.2) is 0 Å². The Labute approximate surface area is 171 Å². The van der Waals surface area contributed by atoms with Crippen LogP contribution in [0.4, 0.5) is 0 Å². The lowest BCUT2D eigenvalue weighted by molar-refractivity contribution is -0.128. The zero-order chi connectivity index (χ0) is 19.8. The summed E-state index contributed by atoms with van der Waals surface area (Å²) >= 11 is 0. The number of hydrogen-bond donors (Lipinski definition) is 1. The van der Waals surface area contributed by atoms with Gasteiger partial charge in [0.05, 0.1) is 5.69 Å². The lowest BCUT2D eigenvalue weighted by Gasteiger charge is -2.36. The van der Waals surface area contributed by atoms with Gasteiger partial charge < -0.3 is 19.6 Å². The second kappa shape index (κ2) is 7.67. The van der Waals surface area contributed by atoms with Gasteiger partial charge in [0.25, 0.3) is 5.91 Å². The smallest absolute Gasteiger partial charge is 0.270 e. The topological polar surface area (TPSA) is 61.6 Å². The summed E-state index contributed by atoms with van der Waals surface area (Å²) in [6, 6.07) is 8.35. The van der Waals surface area contributed by atoms with Crippen LogP contribution in [0.3, 0.4) is 0 Å². The number of hydrogen-bond acceptors (Lipinski definition) is 5. The van der Waals surface area contributed by atoms with Crippen molar-refractivity contribution in [1.82, 2.24) is 20.3 Å². The van der Waals surface area contributed by atoms with E-state index in [0.717, 1.165) is 79.9 Å². The summed E-state index contributed by atoms with van der Waals surface area (Å²) in [6.07, 6.45) is 7.36. The standard InChI is InChI=1S/C23H28N4O2/c1-16-6-7-17-10-13-27(23(28)22(17)24-16)15-14-26-11-8-18(9-12-26)21-19-4-2-3-5-20(19)29-25-21/h2-7,16,18,24H,8-15H2,1H3. The lowest BCUT2D eigenvalue weighted by atomic mass is 9.91. The lowest BCUT2D eigenvalue weighted by Crippen LogP contribution is -2.47. The first-order valence-electron chi connectivity index (χ1n) is 10.7. The molecule has 6 nitrogen and oxygen atoms in total. The number of carbonyl (C=O) groups excluding carboxylic acids is 1. The molecule has 2 aromatic rings. The van der Waals surface area contributed by atoms with Crippen LogP contribution in [0.25, 0.3) is 11.0 Å². The normalized spacial score (nSPS) is 23.6. The van der Waals surface area contributed by atoms with Crippen LogP contribution in [0, 0.1) is 0 Å². The Kier molecular flexibility index (Phi) is 4.87. The summed E-state index contributed by atoms with van der Waals surface area (Å²) in [6.45, 7) is 6.72. The number of carbonyl (C=O) groups is 1. The largest absolute Gasteiger partial charge is 0.374 e. The fourth-order valence-electron chi connectivity index (χ4n) is 4.74. The minimum absolute atomic E-state index is 0.159. The summed E-state index contributed by atoms with van der Waals surface area (Å²) in [4.78, 5) is 17.3. The highest BCUT2D eigenvalue weighted by Gasteiger charge is 2.29. The number of piperidine rings is 1. The number of allylic oxidation sites excluding steroid dienone is 1. The predicted molar refractivity (Wildman–Crippen MR) is 112 cm³/mol. The number of amides is 1. The number of nitrogens with zero attached hydrogens (tertiary/aromatic N) is 3. The molecule has 1 saturated heterocycles. The summed E-state index contributed by atoms with van der Waals surface area (Å²) in [5, 5.41) is 8.85. The van der Waals surface area contributed by atoms with Gasteiger partial charge in [0, 0.05) is 37.0 Å². The molecule has 5 rings (SSSR count). The Morgan fingerprint density at radius 3 is 2.86 bits per heavy atom. The average Bonchev–Trinajstić information content (AvgIpc) is 3.18. The summed E-state index contributed by atoms with van der Waals surface area (Å²) < 4.78 is 5.50. The number of nitrogens with one attached hydrogen (secondary N) is 1. The molecule has 3 aliphatic rings. The number of fused-ring (bicyclic) bond motifs is 1. The van der Waals surface area contributed by atoms with Gasteiger partial charge in [0.1, 0.15) is 5.70 Å². The van der Waals surface area contributed by atoms with Gasteiger partial charge in [-0.1, -0.05) is 29.4 Å². The average molecular weight is 393 g/mol. The van der Waals surface area contributed by atoms with E-state index in [-0.39, 0.29) is 11.9 Å². The van der Waals surface area contributed by atoms with Gasteiger partial charge in [0.15, 0.2) is 5.58 Å². The zero-order valence-electron chi connectivity index (χ0n) is 16.9. The van der Waals surface area contributed by atoms with Crippen molar-refractivity contribution in [1.29, 1.82) is 0 Å². The minimum Gasteiger partial charge on any atom is -0.374 e. The van der Waals surface area contributed by atoms with Crippen LogP contribution in [0.15, 0.2) is 52.2 Å². The number of likely N-dealkylation sites (tertiary alicyclic amines) is 1. The molecule has 0 saturated carbocycles. The maximum Gasteiger partial charge on any atom is 0.270 e. The van der Waals surface area contributed by atoms with Gasteiger partial charge in [-0.15, -0.1) is 0 Å². The quantitative estimate of drug-likeness (QED) is 0.867. The summed E-state index contributed by atoms with van der Waals surface area (Å²) in [5.74, 6) is 0.616. The number of benzene rings is 1. The van der Waals surface area contributed by atoms with Gasteiger partial charge >= 0.3 is 0 Å². The van der Waals surface area contributed by atoms with Crippen molar-refractivity contribution in [2.75, 3.05) is 32.7 Å². The van der Waals surface area contributed by atoms with E-state index in [1.54, 1.807) is 0 Å². The SMILES string of the molecule is CC1C=CC2=C(N1)C(=O)N(CCN1CCC(c3noc4ccccc34)CC1)CC2. The maximum absolute atomic E-state index is 12.8. The molecule has 1 atom stereocenters. The van der Waals surface area contributed by atoms with E-state index in [9.17, 15) is 4.79 Å². The Hall–Kier alpha value is -2.60. The molecule has 1 N–H and O–H groups in total. The predicted octanol–water partition coefficient (Wildman–Crippen LogP) is 3.04. The van der Waals surface area contributed by atoms with E-state index in [1.165, 1.54) is 0 Å². The molecular weight excluding hydrogens is 364 g/mol. The Morgan fingerprint density at radius 2 is 2.00 bits per heavy atom. The van der Waals surface area contributed by atoms with Crippen LogP contribution in [0.2, 0.25) is 0 Å². The van der Waals surface area contributed by atoms with Crippen molar-refractivity contribution in [2.45, 2.75) is 38.1 Å². The monoisotopic (exact) mass is 392 g/mol. The first-order valence-corrected chi connectivity index (χ1v) is 10.7. The molecular formula is C23H28N4O2. The third-order valence-electron chi connectivity index (χ3n) is 6.50. The van der Waals surface area contributed by atoms with Gasteiger partial charge in [-0.3, -0.25) is 4.79 Å². The fourth-order valence-corrected chi connectivity index (χ4v) is 4.74. The third kappa shape index (κ3) is 3.57. The highest BCUT2D eigenvalue weighted by Crippen LogP contribution is 2.32. The van der Waals surface area contributed by atoms with E-state index < -0.39 is 0 Å². The zero-order valence-corrected chi connectivity index (χ0v) is 16.9. The molecule has 1 unspecified atom stereocenters. The summed E-state index contributed by atoms with van der Waals surface area (Å²) in [7, 11) is 0. The molecule has 0 bridgehead atoms. The number of para-hydroxylation sites is 1. The Balaban J connectivity index is 1.15. The molecule has 0 radical (unpaired) electrons. The van der Waals surface area contributed by atoms with Crippen molar-refractivity contribution in [3.05, 3.63) is 53.4 Å². The maximum atomic E-state index is 12.8. The molecule has 1 aromatic carbocycles. The number of rotatable bonds is 4. The van der Waals surface area contributed by atoms with Crippen LogP contribution in [0.1, 0.15) is 37.8 Å². The molecule has 6 heteroatoms. The molecule has 1 amide bonds. The Morgan fingerprint density at radius 1 is 1.17 bits per heavy atom. The fraction of sp³-hybridized carbons (Fsp3) is 0.478. The van der Waals surface area contributed by atoms with Crippen molar-refractivity contribution in [3.8, 4) is 0 Å².